The first-order valence-electron chi connectivity index (χ1n) is 8.49. The highest BCUT2D eigenvalue weighted by Crippen LogP contribution is 2.36. The SMILES string of the molecule is C[C@]1(CO)O[C@@H](n2ccc(NC(=O)c3ccccc3)nc2=O)C=C1CC(=O)O. The quantitative estimate of drug-likeness (QED) is 0.636. The summed E-state index contributed by atoms with van der Waals surface area (Å²) in [5, 5.41) is 21.2. The van der Waals surface area contributed by atoms with Gasteiger partial charge >= 0.3 is 11.7 Å². The van der Waals surface area contributed by atoms with Crippen LogP contribution in [-0.2, 0) is 9.53 Å². The van der Waals surface area contributed by atoms with Gasteiger partial charge in [0.25, 0.3) is 5.91 Å². The first kappa shape index (κ1) is 19.5. The Hall–Kier alpha value is -3.30. The van der Waals surface area contributed by atoms with Crippen LogP contribution in [0, 0.1) is 0 Å². The standard InChI is InChI=1S/C19H19N3O6/c1-19(11-23)13(10-16(24)25)9-15(28-19)22-8-7-14(21-18(22)27)20-17(26)12-5-3-2-4-6-12/h2-9,15,23H,10-11H2,1H3,(H,24,25)(H,20,21,26,27)/t15-,19-/m1/s1. The zero-order chi connectivity index (χ0) is 20.3. The zero-order valence-corrected chi connectivity index (χ0v) is 15.0. The molecular weight excluding hydrogens is 366 g/mol. The second-order valence-electron chi connectivity index (χ2n) is 6.48. The summed E-state index contributed by atoms with van der Waals surface area (Å²) >= 11 is 0. The van der Waals surface area contributed by atoms with Crippen LogP contribution < -0.4 is 11.0 Å². The first-order valence-corrected chi connectivity index (χ1v) is 8.49. The van der Waals surface area contributed by atoms with Crippen molar-refractivity contribution in [3.05, 3.63) is 70.3 Å². The minimum Gasteiger partial charge on any atom is -0.481 e. The second-order valence-corrected chi connectivity index (χ2v) is 6.48. The summed E-state index contributed by atoms with van der Waals surface area (Å²) in [5.41, 5.74) is -1.11. The summed E-state index contributed by atoms with van der Waals surface area (Å²) < 4.78 is 6.85. The molecule has 1 aliphatic heterocycles. The molecule has 9 heteroatoms. The van der Waals surface area contributed by atoms with Crippen LogP contribution in [0.15, 0.2) is 59.0 Å². The number of rotatable bonds is 6. The smallest absolute Gasteiger partial charge is 0.351 e. The Bertz CT molecular complexity index is 985. The summed E-state index contributed by atoms with van der Waals surface area (Å²) in [6.45, 7) is 1.12. The molecule has 1 aromatic carbocycles. The Kier molecular flexibility index (Phi) is 5.39. The monoisotopic (exact) mass is 385 g/mol. The Morgan fingerprint density at radius 2 is 2.00 bits per heavy atom. The van der Waals surface area contributed by atoms with Crippen LogP contribution in [0.1, 0.15) is 29.9 Å². The third kappa shape index (κ3) is 4.00. The molecule has 2 atom stereocenters. The Morgan fingerprint density at radius 3 is 2.61 bits per heavy atom. The summed E-state index contributed by atoms with van der Waals surface area (Å²) in [5.74, 6) is -1.40. The van der Waals surface area contributed by atoms with Crippen LogP contribution >= 0.6 is 0 Å². The number of carbonyl (C=O) groups is 2. The molecule has 0 saturated carbocycles. The highest BCUT2D eigenvalue weighted by atomic mass is 16.5. The molecule has 0 aliphatic carbocycles. The van der Waals surface area contributed by atoms with E-state index in [4.69, 9.17) is 9.84 Å². The number of anilines is 1. The Balaban J connectivity index is 1.81. The number of hydrogen-bond donors (Lipinski definition) is 3. The lowest BCUT2D eigenvalue weighted by molar-refractivity contribution is -0.137. The van der Waals surface area contributed by atoms with Crippen LogP contribution in [0.5, 0.6) is 0 Å². The fraction of sp³-hybridized carbons (Fsp3) is 0.263. The van der Waals surface area contributed by atoms with E-state index in [-0.39, 0.29) is 12.2 Å². The number of nitrogens with one attached hydrogen (secondary N) is 1. The number of carboxylic acid groups (broad SMARTS) is 1. The van der Waals surface area contributed by atoms with Gasteiger partial charge in [0.1, 0.15) is 11.4 Å². The van der Waals surface area contributed by atoms with Gasteiger partial charge in [-0.1, -0.05) is 18.2 Å². The number of carboxylic acids is 1. The van der Waals surface area contributed by atoms with E-state index in [1.165, 1.54) is 18.3 Å². The lowest BCUT2D eigenvalue weighted by atomic mass is 9.95. The molecule has 1 aromatic heterocycles. The molecule has 0 spiro atoms. The molecule has 0 unspecified atom stereocenters. The van der Waals surface area contributed by atoms with Gasteiger partial charge < -0.3 is 20.3 Å². The van der Waals surface area contributed by atoms with E-state index in [2.05, 4.69) is 10.3 Å². The maximum atomic E-state index is 12.4. The molecule has 0 radical (unpaired) electrons. The van der Waals surface area contributed by atoms with Crippen LogP contribution in [0.3, 0.4) is 0 Å². The van der Waals surface area contributed by atoms with Gasteiger partial charge in [-0.3, -0.25) is 14.2 Å². The van der Waals surface area contributed by atoms with Gasteiger partial charge in [-0.25, -0.2) is 4.79 Å². The third-order valence-corrected chi connectivity index (χ3v) is 4.43. The number of aliphatic carboxylic acids is 1. The predicted octanol–water partition coefficient (Wildman–Crippen LogP) is 1.18. The van der Waals surface area contributed by atoms with Crippen molar-refractivity contribution in [2.24, 2.45) is 0 Å². The molecule has 2 aromatic rings. The number of aromatic nitrogens is 2. The van der Waals surface area contributed by atoms with E-state index >= 15 is 0 Å². The van der Waals surface area contributed by atoms with Gasteiger partial charge in [0, 0.05) is 11.8 Å². The molecule has 28 heavy (non-hydrogen) atoms. The number of nitrogens with zero attached hydrogens (tertiary/aromatic N) is 2. The number of amides is 1. The van der Waals surface area contributed by atoms with Crippen molar-refractivity contribution in [3.8, 4) is 0 Å². The van der Waals surface area contributed by atoms with Crippen molar-refractivity contribution in [2.45, 2.75) is 25.2 Å². The fourth-order valence-corrected chi connectivity index (χ4v) is 2.86. The lowest BCUT2D eigenvalue weighted by Crippen LogP contribution is -2.35. The molecular formula is C19H19N3O6. The summed E-state index contributed by atoms with van der Waals surface area (Å²) in [7, 11) is 0. The van der Waals surface area contributed by atoms with Crippen LogP contribution in [-0.4, -0.2) is 43.8 Å². The Labute approximate surface area is 159 Å². The van der Waals surface area contributed by atoms with Crippen molar-refractivity contribution < 1.29 is 24.5 Å². The van der Waals surface area contributed by atoms with Gasteiger partial charge in [-0.05, 0) is 36.8 Å². The fourth-order valence-electron chi connectivity index (χ4n) is 2.86. The number of carbonyl (C=O) groups excluding carboxylic acids is 1. The van der Waals surface area contributed by atoms with Crippen molar-refractivity contribution in [1.29, 1.82) is 0 Å². The maximum absolute atomic E-state index is 12.4. The zero-order valence-electron chi connectivity index (χ0n) is 15.0. The molecule has 0 fully saturated rings. The number of aliphatic hydroxyl groups is 1. The van der Waals surface area contributed by atoms with Crippen molar-refractivity contribution in [2.75, 3.05) is 11.9 Å². The van der Waals surface area contributed by atoms with Gasteiger partial charge in [0.15, 0.2) is 6.23 Å². The topological polar surface area (TPSA) is 131 Å². The van der Waals surface area contributed by atoms with E-state index in [0.29, 0.717) is 11.1 Å². The van der Waals surface area contributed by atoms with Gasteiger partial charge in [-0.2, -0.15) is 4.98 Å². The second kappa shape index (κ2) is 7.75. The number of aliphatic hydroxyl groups excluding tert-OH is 1. The van der Waals surface area contributed by atoms with E-state index in [1.807, 2.05) is 0 Å². The van der Waals surface area contributed by atoms with E-state index < -0.39 is 36.0 Å². The third-order valence-electron chi connectivity index (χ3n) is 4.43. The van der Waals surface area contributed by atoms with Crippen LogP contribution in [0.25, 0.3) is 0 Å². The molecule has 3 rings (SSSR count). The average molecular weight is 385 g/mol. The normalized spacial score (nSPS) is 21.2. The first-order chi connectivity index (χ1) is 13.3. The number of benzene rings is 1. The van der Waals surface area contributed by atoms with Gasteiger partial charge in [0.05, 0.1) is 13.0 Å². The van der Waals surface area contributed by atoms with E-state index in [9.17, 15) is 19.5 Å². The number of hydrogen-bond acceptors (Lipinski definition) is 6. The summed E-state index contributed by atoms with van der Waals surface area (Å²) in [6, 6.07) is 9.92. The lowest BCUT2D eigenvalue weighted by Gasteiger charge is -2.26. The summed E-state index contributed by atoms with van der Waals surface area (Å²) in [4.78, 5) is 39.4. The van der Waals surface area contributed by atoms with Crippen LogP contribution in [0.4, 0.5) is 5.82 Å². The molecule has 146 valence electrons. The van der Waals surface area contributed by atoms with E-state index in [1.54, 1.807) is 37.3 Å². The molecule has 3 N–H and O–H groups in total. The highest BCUT2D eigenvalue weighted by Gasteiger charge is 2.39. The van der Waals surface area contributed by atoms with Crippen molar-refractivity contribution in [1.82, 2.24) is 9.55 Å². The minimum absolute atomic E-state index is 0.0766. The molecule has 1 aliphatic rings. The molecule has 0 saturated heterocycles. The molecule has 2 heterocycles. The molecule has 1 amide bonds. The predicted molar refractivity (Wildman–Crippen MR) is 98.8 cm³/mol. The van der Waals surface area contributed by atoms with Gasteiger partial charge in [0.2, 0.25) is 0 Å². The van der Waals surface area contributed by atoms with Gasteiger partial charge in [-0.15, -0.1) is 0 Å². The average Bonchev–Trinajstić information content (AvgIpc) is 2.98. The Morgan fingerprint density at radius 1 is 1.29 bits per heavy atom. The van der Waals surface area contributed by atoms with Crippen LogP contribution in [0.2, 0.25) is 0 Å². The molecule has 0 bridgehead atoms. The largest absolute Gasteiger partial charge is 0.481 e. The summed E-state index contributed by atoms with van der Waals surface area (Å²) in [6.07, 6.45) is 1.64. The highest BCUT2D eigenvalue weighted by molar-refractivity contribution is 6.03. The minimum atomic E-state index is -1.21. The number of ether oxygens (including phenoxy) is 1. The molecule has 9 nitrogen and oxygen atoms in total. The van der Waals surface area contributed by atoms with Crippen molar-refractivity contribution in [3.63, 3.8) is 0 Å². The van der Waals surface area contributed by atoms with E-state index in [0.717, 1.165) is 4.57 Å². The maximum Gasteiger partial charge on any atom is 0.351 e. The van der Waals surface area contributed by atoms with Crippen molar-refractivity contribution >= 4 is 17.7 Å².